The van der Waals surface area contributed by atoms with Crippen LogP contribution in [-0.2, 0) is 5.75 Å². The summed E-state index contributed by atoms with van der Waals surface area (Å²) in [5, 5.41) is 3.93. The molecule has 0 saturated heterocycles. The number of nitrogens with zero attached hydrogens (tertiary/aromatic N) is 2. The van der Waals surface area contributed by atoms with Gasteiger partial charge in [-0.3, -0.25) is 0 Å². The minimum Gasteiger partial charge on any atom is -0.339 e. The molecule has 0 spiro atoms. The Morgan fingerprint density at radius 2 is 2.20 bits per heavy atom. The minimum atomic E-state index is -0.230. The molecule has 2 aromatic rings. The zero-order valence-electron chi connectivity index (χ0n) is 11.4. The van der Waals surface area contributed by atoms with Crippen LogP contribution in [0.3, 0.4) is 0 Å². The maximum atomic E-state index is 13.5. The molecule has 1 aromatic heterocycles. The normalized spacial score (nSPS) is 12.6. The van der Waals surface area contributed by atoms with Crippen LogP contribution in [0.5, 0.6) is 0 Å². The van der Waals surface area contributed by atoms with Crippen LogP contribution in [0.15, 0.2) is 33.7 Å². The van der Waals surface area contributed by atoms with Gasteiger partial charge in [-0.05, 0) is 18.6 Å². The van der Waals surface area contributed by atoms with E-state index in [4.69, 9.17) is 10.3 Å². The first-order chi connectivity index (χ1) is 9.74. The number of halogens is 1. The van der Waals surface area contributed by atoms with Gasteiger partial charge < -0.3 is 10.3 Å². The summed E-state index contributed by atoms with van der Waals surface area (Å²) in [4.78, 5) is 4.93. The van der Waals surface area contributed by atoms with E-state index in [0.29, 0.717) is 28.9 Å². The Morgan fingerprint density at radius 1 is 1.40 bits per heavy atom. The third-order valence-corrected chi connectivity index (χ3v) is 3.99. The van der Waals surface area contributed by atoms with Crippen molar-refractivity contribution in [3.8, 4) is 0 Å². The topological polar surface area (TPSA) is 64.9 Å². The second-order valence-corrected chi connectivity index (χ2v) is 5.51. The van der Waals surface area contributed by atoms with Gasteiger partial charge in [0.2, 0.25) is 5.89 Å². The summed E-state index contributed by atoms with van der Waals surface area (Å²) in [5.41, 5.74) is 5.70. The van der Waals surface area contributed by atoms with E-state index in [0.717, 1.165) is 12.8 Å². The van der Waals surface area contributed by atoms with Gasteiger partial charge in [0.25, 0.3) is 0 Å². The Bertz CT molecular complexity index is 547. The Morgan fingerprint density at radius 3 is 2.90 bits per heavy atom. The summed E-state index contributed by atoms with van der Waals surface area (Å²) in [7, 11) is 0. The maximum Gasteiger partial charge on any atom is 0.231 e. The van der Waals surface area contributed by atoms with Crippen LogP contribution in [-0.4, -0.2) is 16.7 Å². The highest BCUT2D eigenvalue weighted by atomic mass is 32.2. The zero-order valence-corrected chi connectivity index (χ0v) is 12.2. The molecule has 0 saturated carbocycles. The molecule has 108 valence electrons. The van der Waals surface area contributed by atoms with Crippen LogP contribution in [0.25, 0.3) is 0 Å². The van der Waals surface area contributed by atoms with Gasteiger partial charge in [0.05, 0.1) is 11.7 Å². The summed E-state index contributed by atoms with van der Waals surface area (Å²) in [6.45, 7) is 2.59. The largest absolute Gasteiger partial charge is 0.339 e. The molecule has 0 amide bonds. The monoisotopic (exact) mass is 295 g/mol. The fraction of sp³-hybridized carbons (Fsp3) is 0.429. The first kappa shape index (κ1) is 15.0. The standard InChI is InChI=1S/C14H18FN3OS/c1-2-5-10(8-16)14-17-13(18-19-14)9-20-12-7-4-3-6-11(12)15/h3-4,6-7,10H,2,5,8-9,16H2,1H3. The lowest BCUT2D eigenvalue weighted by atomic mass is 10.0. The molecule has 2 N–H and O–H groups in total. The van der Waals surface area contributed by atoms with Crippen LogP contribution < -0.4 is 5.73 Å². The molecular formula is C14H18FN3OS. The van der Waals surface area contributed by atoms with Gasteiger partial charge >= 0.3 is 0 Å². The Hall–Kier alpha value is -1.40. The molecule has 6 heteroatoms. The van der Waals surface area contributed by atoms with Crippen molar-refractivity contribution in [2.75, 3.05) is 6.54 Å². The Balaban J connectivity index is 1.98. The fourth-order valence-corrected chi connectivity index (χ4v) is 2.67. The Kier molecular flexibility index (Phi) is 5.55. The predicted octanol–water partition coefficient (Wildman–Crippen LogP) is 3.34. The second kappa shape index (κ2) is 7.40. The van der Waals surface area contributed by atoms with Gasteiger partial charge in [0, 0.05) is 11.4 Å². The third-order valence-electron chi connectivity index (χ3n) is 2.95. The number of hydrogen-bond donors (Lipinski definition) is 1. The summed E-state index contributed by atoms with van der Waals surface area (Å²) in [6, 6.07) is 6.65. The van der Waals surface area contributed by atoms with E-state index in [1.165, 1.54) is 17.8 Å². The summed E-state index contributed by atoms with van der Waals surface area (Å²) < 4.78 is 18.7. The first-order valence-corrected chi connectivity index (χ1v) is 7.63. The highest BCUT2D eigenvalue weighted by molar-refractivity contribution is 7.98. The number of hydrogen-bond acceptors (Lipinski definition) is 5. The van der Waals surface area contributed by atoms with E-state index in [9.17, 15) is 4.39 Å². The molecule has 0 aliphatic carbocycles. The number of benzene rings is 1. The lowest BCUT2D eigenvalue weighted by molar-refractivity contribution is 0.344. The van der Waals surface area contributed by atoms with Gasteiger partial charge in [-0.1, -0.05) is 30.6 Å². The van der Waals surface area contributed by atoms with Crippen molar-refractivity contribution in [1.29, 1.82) is 0 Å². The molecule has 0 fully saturated rings. The highest BCUT2D eigenvalue weighted by Crippen LogP contribution is 2.25. The number of nitrogens with two attached hydrogens (primary N) is 1. The van der Waals surface area contributed by atoms with Crippen LogP contribution in [0.4, 0.5) is 4.39 Å². The summed E-state index contributed by atoms with van der Waals surface area (Å²) in [6.07, 6.45) is 1.95. The molecular weight excluding hydrogens is 277 g/mol. The molecule has 1 aromatic carbocycles. The van der Waals surface area contributed by atoms with E-state index in [1.54, 1.807) is 18.2 Å². The van der Waals surface area contributed by atoms with Crippen LogP contribution in [0.2, 0.25) is 0 Å². The zero-order chi connectivity index (χ0) is 14.4. The molecule has 1 heterocycles. The average Bonchev–Trinajstić information content (AvgIpc) is 2.92. The molecule has 1 unspecified atom stereocenters. The van der Waals surface area contributed by atoms with Gasteiger partial charge in [0.15, 0.2) is 5.82 Å². The van der Waals surface area contributed by atoms with Gasteiger partial charge in [0.1, 0.15) is 5.82 Å². The predicted molar refractivity (Wildman–Crippen MR) is 77.0 cm³/mol. The summed E-state index contributed by atoms with van der Waals surface area (Å²) in [5.74, 6) is 1.52. The number of aromatic nitrogens is 2. The van der Waals surface area contributed by atoms with Crippen LogP contribution in [0, 0.1) is 5.82 Å². The van der Waals surface area contributed by atoms with Crippen molar-refractivity contribution in [3.63, 3.8) is 0 Å². The van der Waals surface area contributed by atoms with Gasteiger partial charge in [-0.2, -0.15) is 4.98 Å². The third kappa shape index (κ3) is 3.80. The minimum absolute atomic E-state index is 0.111. The van der Waals surface area contributed by atoms with Gasteiger partial charge in [-0.25, -0.2) is 4.39 Å². The molecule has 0 bridgehead atoms. The molecule has 1 atom stereocenters. The number of rotatable bonds is 7. The molecule has 0 radical (unpaired) electrons. The highest BCUT2D eigenvalue weighted by Gasteiger charge is 2.17. The maximum absolute atomic E-state index is 13.5. The Labute approximate surface area is 121 Å². The van der Waals surface area contributed by atoms with Crippen LogP contribution in [0.1, 0.15) is 37.4 Å². The van der Waals surface area contributed by atoms with E-state index in [2.05, 4.69) is 17.1 Å². The van der Waals surface area contributed by atoms with E-state index < -0.39 is 0 Å². The van der Waals surface area contributed by atoms with Crippen molar-refractivity contribution in [3.05, 3.63) is 41.8 Å². The fourth-order valence-electron chi connectivity index (χ4n) is 1.89. The van der Waals surface area contributed by atoms with E-state index >= 15 is 0 Å². The molecule has 0 aliphatic heterocycles. The lowest BCUT2D eigenvalue weighted by Crippen LogP contribution is -2.12. The molecule has 20 heavy (non-hydrogen) atoms. The number of thioether (sulfide) groups is 1. The van der Waals surface area contributed by atoms with Crippen molar-refractivity contribution in [2.45, 2.75) is 36.3 Å². The van der Waals surface area contributed by atoms with Crippen LogP contribution >= 0.6 is 11.8 Å². The van der Waals surface area contributed by atoms with Crippen molar-refractivity contribution >= 4 is 11.8 Å². The molecule has 2 rings (SSSR count). The SMILES string of the molecule is CCCC(CN)c1nc(CSc2ccccc2F)no1. The molecule has 0 aliphatic rings. The van der Waals surface area contributed by atoms with Crippen molar-refractivity contribution in [2.24, 2.45) is 5.73 Å². The van der Waals surface area contributed by atoms with Crippen molar-refractivity contribution in [1.82, 2.24) is 10.1 Å². The smallest absolute Gasteiger partial charge is 0.231 e. The summed E-state index contributed by atoms with van der Waals surface area (Å²) >= 11 is 1.35. The lowest BCUT2D eigenvalue weighted by Gasteiger charge is -2.06. The van der Waals surface area contributed by atoms with E-state index in [-0.39, 0.29) is 11.7 Å². The molecule has 4 nitrogen and oxygen atoms in total. The van der Waals surface area contributed by atoms with E-state index in [1.807, 2.05) is 0 Å². The quantitative estimate of drug-likeness (QED) is 0.794. The average molecular weight is 295 g/mol. The second-order valence-electron chi connectivity index (χ2n) is 4.49. The van der Waals surface area contributed by atoms with Crippen molar-refractivity contribution < 1.29 is 8.91 Å². The van der Waals surface area contributed by atoms with Gasteiger partial charge in [-0.15, -0.1) is 11.8 Å². The first-order valence-electron chi connectivity index (χ1n) is 6.64.